The molecule has 1 N–H and O–H groups in total. The van der Waals surface area contributed by atoms with Crippen molar-refractivity contribution in [3.05, 3.63) is 23.8 Å². The highest BCUT2D eigenvalue weighted by molar-refractivity contribution is 7.91. The number of hydrogen-bond donors (Lipinski definition) is 1. The first-order valence-electron chi connectivity index (χ1n) is 10.1. The number of ether oxygens (including phenoxy) is 1. The van der Waals surface area contributed by atoms with E-state index in [4.69, 9.17) is 4.74 Å². The van der Waals surface area contributed by atoms with Gasteiger partial charge >= 0.3 is 5.76 Å². The number of aliphatic hydroxyl groups is 1. The lowest BCUT2D eigenvalue weighted by Gasteiger charge is -2.48. The molecule has 2 aliphatic heterocycles. The van der Waals surface area contributed by atoms with Crippen molar-refractivity contribution in [1.29, 1.82) is 0 Å². The van der Waals surface area contributed by atoms with Gasteiger partial charge in [0.1, 0.15) is 17.5 Å². The Kier molecular flexibility index (Phi) is 5.31. The van der Waals surface area contributed by atoms with E-state index in [2.05, 4.69) is 4.90 Å². The van der Waals surface area contributed by atoms with E-state index >= 15 is 0 Å². The first kappa shape index (κ1) is 21.5. The first-order valence-corrected chi connectivity index (χ1v) is 11.6. The Bertz CT molecular complexity index is 949. The van der Waals surface area contributed by atoms with Gasteiger partial charge in [0.2, 0.25) is 15.7 Å². The SMILES string of the molecule is CC1(C)Oc2ccc(S(=O)(=O)C(F)F)cc2C(N2CCN(CC3CC3)CC2=O)C1O. The third-order valence-corrected chi connectivity index (χ3v) is 7.51. The van der Waals surface area contributed by atoms with Crippen LogP contribution in [-0.2, 0) is 14.6 Å². The predicted octanol–water partition coefficient (Wildman–Crippen LogP) is 1.81. The van der Waals surface area contributed by atoms with Crippen molar-refractivity contribution in [3.8, 4) is 5.75 Å². The number of alkyl halides is 2. The molecule has 1 saturated heterocycles. The summed E-state index contributed by atoms with van der Waals surface area (Å²) in [5.74, 6) is -2.83. The summed E-state index contributed by atoms with van der Waals surface area (Å²) >= 11 is 0. The quantitative estimate of drug-likeness (QED) is 0.746. The van der Waals surface area contributed by atoms with Crippen LogP contribution in [0.1, 0.15) is 38.3 Å². The Labute approximate surface area is 174 Å². The Hall–Kier alpha value is -1.78. The molecule has 10 heteroatoms. The standard InChI is InChI=1S/C20H26F2N2O5S/c1-20(2)18(26)17(24-8-7-23(11-16(24)25)10-12-3-4-12)14-9-13(5-6-15(14)29-20)30(27,28)19(21)22/h5-6,9,12,17-19,26H,3-4,7-8,10-11H2,1-2H3. The Morgan fingerprint density at radius 2 is 1.97 bits per heavy atom. The molecule has 0 aromatic heterocycles. The predicted molar refractivity (Wildman–Crippen MR) is 104 cm³/mol. The van der Waals surface area contributed by atoms with Crippen LogP contribution in [-0.4, -0.2) is 72.9 Å². The number of sulfone groups is 1. The van der Waals surface area contributed by atoms with E-state index in [0.717, 1.165) is 18.7 Å². The minimum Gasteiger partial charge on any atom is -0.485 e. The van der Waals surface area contributed by atoms with Crippen LogP contribution >= 0.6 is 0 Å². The number of halogens is 2. The number of amides is 1. The molecular weight excluding hydrogens is 418 g/mol. The van der Waals surface area contributed by atoms with E-state index in [-0.39, 0.29) is 23.8 Å². The molecule has 2 unspecified atom stereocenters. The third kappa shape index (κ3) is 3.80. The topological polar surface area (TPSA) is 87.2 Å². The van der Waals surface area contributed by atoms with E-state index in [1.165, 1.54) is 23.8 Å². The number of piperazine rings is 1. The van der Waals surface area contributed by atoms with Crippen LogP contribution in [0, 0.1) is 5.92 Å². The summed E-state index contributed by atoms with van der Waals surface area (Å²) in [5.41, 5.74) is -0.820. The zero-order valence-electron chi connectivity index (χ0n) is 16.9. The second-order valence-electron chi connectivity index (χ2n) is 8.87. The monoisotopic (exact) mass is 444 g/mol. The second kappa shape index (κ2) is 7.42. The molecule has 0 bridgehead atoms. The van der Waals surface area contributed by atoms with Crippen LogP contribution in [0.15, 0.2) is 23.1 Å². The Morgan fingerprint density at radius 3 is 2.57 bits per heavy atom. The van der Waals surface area contributed by atoms with Gasteiger partial charge in [0.15, 0.2) is 0 Å². The van der Waals surface area contributed by atoms with Crippen LogP contribution in [0.2, 0.25) is 0 Å². The average Bonchev–Trinajstić information content (AvgIpc) is 3.47. The van der Waals surface area contributed by atoms with Crippen molar-refractivity contribution in [2.75, 3.05) is 26.2 Å². The van der Waals surface area contributed by atoms with Gasteiger partial charge in [-0.05, 0) is 50.8 Å². The van der Waals surface area contributed by atoms with Gasteiger partial charge in [-0.3, -0.25) is 9.69 Å². The fraction of sp³-hybridized carbons (Fsp3) is 0.650. The molecule has 2 atom stereocenters. The molecule has 1 aromatic carbocycles. The number of aliphatic hydroxyl groups excluding tert-OH is 1. The van der Waals surface area contributed by atoms with Gasteiger partial charge in [-0.1, -0.05) is 0 Å². The fourth-order valence-electron chi connectivity index (χ4n) is 4.21. The number of benzene rings is 1. The van der Waals surface area contributed by atoms with Crippen LogP contribution in [0.4, 0.5) is 8.78 Å². The summed E-state index contributed by atoms with van der Waals surface area (Å²) in [6.07, 6.45) is 1.19. The summed E-state index contributed by atoms with van der Waals surface area (Å²) < 4.78 is 55.9. The number of hydrogen-bond acceptors (Lipinski definition) is 6. The Morgan fingerprint density at radius 1 is 1.27 bits per heavy atom. The summed E-state index contributed by atoms with van der Waals surface area (Å²) in [6, 6.07) is 2.61. The van der Waals surface area contributed by atoms with Crippen LogP contribution in [0.5, 0.6) is 5.75 Å². The Balaban J connectivity index is 1.69. The van der Waals surface area contributed by atoms with Gasteiger partial charge in [0, 0.05) is 25.2 Å². The highest BCUT2D eigenvalue weighted by atomic mass is 32.2. The zero-order valence-corrected chi connectivity index (χ0v) is 17.7. The molecule has 1 aliphatic carbocycles. The number of carbonyl (C=O) groups is 1. The maximum absolute atomic E-state index is 13.1. The molecule has 166 valence electrons. The van der Waals surface area contributed by atoms with Gasteiger partial charge in [-0.15, -0.1) is 0 Å². The van der Waals surface area contributed by atoms with E-state index in [9.17, 15) is 27.1 Å². The van der Waals surface area contributed by atoms with Gasteiger partial charge in [-0.25, -0.2) is 8.42 Å². The number of fused-ring (bicyclic) bond motifs is 1. The van der Waals surface area contributed by atoms with Gasteiger partial charge in [0.25, 0.3) is 0 Å². The molecule has 2 fully saturated rings. The maximum atomic E-state index is 13.1. The van der Waals surface area contributed by atoms with Crippen LogP contribution in [0.3, 0.4) is 0 Å². The molecule has 1 aromatic rings. The smallest absolute Gasteiger partial charge is 0.341 e. The lowest BCUT2D eigenvalue weighted by Crippen LogP contribution is -2.59. The lowest BCUT2D eigenvalue weighted by molar-refractivity contribution is -0.150. The summed E-state index contributed by atoms with van der Waals surface area (Å²) in [5, 5.41) is 11.0. The number of nitrogens with zero attached hydrogens (tertiary/aromatic N) is 2. The minimum atomic E-state index is -4.82. The molecule has 1 saturated carbocycles. The van der Waals surface area contributed by atoms with E-state index < -0.39 is 38.2 Å². The van der Waals surface area contributed by atoms with Crippen molar-refractivity contribution < 1.29 is 31.8 Å². The summed E-state index contributed by atoms with van der Waals surface area (Å²) in [4.78, 5) is 16.0. The largest absolute Gasteiger partial charge is 0.485 e. The minimum absolute atomic E-state index is 0.184. The zero-order chi connectivity index (χ0) is 21.8. The number of carbonyl (C=O) groups excluding carboxylic acids is 1. The first-order chi connectivity index (χ1) is 14.0. The summed E-state index contributed by atoms with van der Waals surface area (Å²) in [6.45, 7) is 5.42. The molecule has 4 rings (SSSR count). The van der Waals surface area contributed by atoms with Crippen molar-refractivity contribution in [2.45, 2.75) is 55.1 Å². The van der Waals surface area contributed by atoms with E-state index in [1.807, 2.05) is 0 Å². The molecule has 7 nitrogen and oxygen atoms in total. The van der Waals surface area contributed by atoms with Crippen molar-refractivity contribution in [1.82, 2.24) is 9.80 Å². The van der Waals surface area contributed by atoms with Crippen molar-refractivity contribution >= 4 is 15.7 Å². The van der Waals surface area contributed by atoms with E-state index in [0.29, 0.717) is 19.0 Å². The molecule has 2 heterocycles. The van der Waals surface area contributed by atoms with Crippen molar-refractivity contribution in [2.24, 2.45) is 5.92 Å². The van der Waals surface area contributed by atoms with Gasteiger partial charge < -0.3 is 14.7 Å². The molecule has 0 radical (unpaired) electrons. The molecule has 1 amide bonds. The average molecular weight is 445 g/mol. The normalized spacial score (nSPS) is 27.1. The highest BCUT2D eigenvalue weighted by Crippen LogP contribution is 2.44. The van der Waals surface area contributed by atoms with Gasteiger partial charge in [0.05, 0.1) is 17.5 Å². The molecule has 3 aliphatic rings. The van der Waals surface area contributed by atoms with Crippen LogP contribution < -0.4 is 4.74 Å². The highest BCUT2D eigenvalue weighted by Gasteiger charge is 2.48. The molecular formula is C20H26F2N2O5S. The summed E-state index contributed by atoms with van der Waals surface area (Å²) in [7, 11) is -4.82. The van der Waals surface area contributed by atoms with Gasteiger partial charge in [-0.2, -0.15) is 8.78 Å². The molecule has 0 spiro atoms. The maximum Gasteiger partial charge on any atom is 0.341 e. The molecule has 30 heavy (non-hydrogen) atoms. The van der Waals surface area contributed by atoms with Crippen molar-refractivity contribution in [3.63, 3.8) is 0 Å². The van der Waals surface area contributed by atoms with E-state index in [1.54, 1.807) is 13.8 Å². The van der Waals surface area contributed by atoms with Crippen LogP contribution in [0.25, 0.3) is 0 Å². The third-order valence-electron chi connectivity index (χ3n) is 6.13. The fourth-order valence-corrected chi connectivity index (χ4v) is 4.97. The lowest BCUT2D eigenvalue weighted by atomic mass is 9.85. The second-order valence-corrected chi connectivity index (χ2v) is 10.8. The number of rotatable bonds is 5.